The van der Waals surface area contributed by atoms with Crippen LogP contribution in [0.15, 0.2) is 23.8 Å². The van der Waals surface area contributed by atoms with Gasteiger partial charge in [-0.15, -0.1) is 6.58 Å². The molecule has 1 aliphatic heterocycles. The van der Waals surface area contributed by atoms with Crippen LogP contribution in [0.25, 0.3) is 11.2 Å². The van der Waals surface area contributed by atoms with Gasteiger partial charge in [0.25, 0.3) is 5.56 Å². The highest BCUT2D eigenvalue weighted by Gasteiger charge is 2.56. The molecule has 46 heavy (non-hydrogen) atoms. The predicted octanol–water partition coefficient (Wildman–Crippen LogP) is 3.59. The van der Waals surface area contributed by atoms with E-state index in [1.54, 1.807) is 41.5 Å². The van der Waals surface area contributed by atoms with Crippen LogP contribution in [-0.2, 0) is 41.9 Å². The molecule has 1 saturated heterocycles. The lowest BCUT2D eigenvalue weighted by atomic mass is 9.84. The monoisotopic (exact) mass is 679 g/mol. The van der Waals surface area contributed by atoms with Crippen molar-refractivity contribution in [2.75, 3.05) is 38.7 Å². The number of phosphoric acid groups is 1. The van der Waals surface area contributed by atoms with Gasteiger partial charge in [-0.2, -0.15) is 4.98 Å². The molecule has 0 radical (unpaired) electrons. The van der Waals surface area contributed by atoms with Crippen LogP contribution in [0.5, 0.6) is 0 Å². The van der Waals surface area contributed by atoms with E-state index in [1.807, 2.05) is 0 Å². The summed E-state index contributed by atoms with van der Waals surface area (Å²) in [6.45, 7) is 10.8. The molecule has 3 rings (SSSR count). The van der Waals surface area contributed by atoms with Crippen LogP contribution < -0.4 is 10.9 Å². The third-order valence-electron chi connectivity index (χ3n) is 6.87. The first-order valence-corrected chi connectivity index (χ1v) is 15.8. The summed E-state index contributed by atoms with van der Waals surface area (Å²) in [4.78, 5) is 48.0. The maximum absolute atomic E-state index is 16.4. The number of aromatic amines is 1. The molecule has 18 heteroatoms. The molecule has 4 atom stereocenters. The number of hydrogen-bond acceptors (Lipinski definition) is 14. The number of aromatic nitrogens is 4. The summed E-state index contributed by atoms with van der Waals surface area (Å²) in [6, 6.07) is 0. The molecule has 258 valence electrons. The quantitative estimate of drug-likeness (QED) is 0.100. The average molecular weight is 680 g/mol. The van der Waals surface area contributed by atoms with Crippen LogP contribution in [-0.4, -0.2) is 83.1 Å². The van der Waals surface area contributed by atoms with Gasteiger partial charge in [-0.3, -0.25) is 28.5 Å². The zero-order valence-electron chi connectivity index (χ0n) is 28.7. The second-order valence-corrected chi connectivity index (χ2v) is 14.1. The smallest absolute Gasteiger partial charge is 0.437 e. The number of fused-ring (bicyclic) bond motifs is 1. The maximum Gasteiger partial charge on any atom is 0.480 e. The second-order valence-electron chi connectivity index (χ2n) is 12.5. The molecule has 1 aliphatic rings. The highest BCUT2D eigenvalue weighted by Crippen LogP contribution is 2.53. The third kappa shape index (κ3) is 8.57. The highest BCUT2D eigenvalue weighted by molar-refractivity contribution is 7.48. The number of anilines is 1. The normalized spacial score (nSPS) is 22.7. The van der Waals surface area contributed by atoms with Crippen molar-refractivity contribution in [2.45, 2.75) is 72.9 Å². The first-order chi connectivity index (χ1) is 22.4. The topological polar surface area (TPSA) is 202 Å². The number of ether oxygens (including phenoxy) is 3. The lowest BCUT2D eigenvalue weighted by Crippen LogP contribution is -2.40. The van der Waals surface area contributed by atoms with Crippen molar-refractivity contribution < 1.29 is 52.8 Å². The van der Waals surface area contributed by atoms with E-state index in [2.05, 4.69) is 32.0 Å². The molecule has 0 unspecified atom stereocenters. The van der Waals surface area contributed by atoms with Crippen molar-refractivity contribution in [1.82, 2.24) is 19.5 Å². The van der Waals surface area contributed by atoms with Gasteiger partial charge in [0.2, 0.25) is 21.0 Å². The Morgan fingerprint density at radius 3 is 2.41 bits per heavy atom. The van der Waals surface area contributed by atoms with Crippen molar-refractivity contribution >= 4 is 36.9 Å². The molecule has 3 N–H and O–H groups in total. The summed E-state index contributed by atoms with van der Waals surface area (Å²) in [5.41, 5.74) is -4.38. The summed E-state index contributed by atoms with van der Waals surface area (Å²) in [6.07, 6.45) is -1.07. The van der Waals surface area contributed by atoms with Gasteiger partial charge in [-0.05, 0) is 54.9 Å². The van der Waals surface area contributed by atoms with Crippen molar-refractivity contribution in [2.24, 2.45) is 16.7 Å². The van der Waals surface area contributed by atoms with Gasteiger partial charge in [0.05, 0.1) is 23.8 Å². The number of carbonyl (C=O) groups excluding carboxylic acids is 2. The second kappa shape index (κ2) is 14.7. The van der Waals surface area contributed by atoms with Crippen molar-refractivity contribution in [3.05, 3.63) is 29.3 Å². The molecule has 2 aromatic heterocycles. The Kier molecular flexibility index (Phi) is 10.9. The standard InChI is InChI=1S/C28H43FN5O11P/c1-9-28(13-42-46(39,43-15-40-23(37)26(3,4)5)44-16-41-24(38)27(6,7)8)17(11-12-35)18(29)22(45-28)34-14-31-19-20(34)32-25(30-10-2)33-21(19)36/h9,14,17-18,22,35H,1,10-13,15-16H2,2-8H3,(H2,30,32,33,36)/t17-,18+,22+,28+/m0/s1/i2T,35T. The number of imidazole rings is 1. The summed E-state index contributed by atoms with van der Waals surface area (Å²) >= 11 is 0. The number of halogens is 1. The minimum absolute atomic E-state index is 0.00374. The Morgan fingerprint density at radius 1 is 1.24 bits per heavy atom. The van der Waals surface area contributed by atoms with Crippen LogP contribution in [0, 0.1) is 16.7 Å². The van der Waals surface area contributed by atoms with Gasteiger partial charge in [0.15, 0.2) is 23.6 Å². The third-order valence-corrected chi connectivity index (χ3v) is 8.16. The Hall–Kier alpha value is -3.21. The van der Waals surface area contributed by atoms with Gasteiger partial charge in [-0.25, -0.2) is 23.0 Å². The number of carbonyl (C=O) groups is 2. The number of aliphatic hydroxyl groups is 1. The van der Waals surface area contributed by atoms with Gasteiger partial charge in [-0.1, -0.05) is 6.08 Å². The number of rotatable bonds is 16. The van der Waals surface area contributed by atoms with E-state index in [-0.39, 0.29) is 43.6 Å². The summed E-state index contributed by atoms with van der Waals surface area (Å²) in [5.74, 6) is -2.49. The minimum Gasteiger partial charge on any atom is -0.437 e. The van der Waals surface area contributed by atoms with E-state index in [0.29, 0.717) is 0 Å². The number of hydrogen-bond donors (Lipinski definition) is 3. The molecule has 0 saturated carbocycles. The fourth-order valence-corrected chi connectivity index (χ4v) is 5.26. The molecule has 2 aromatic rings. The van der Waals surface area contributed by atoms with Crippen LogP contribution in [0.3, 0.4) is 0 Å². The summed E-state index contributed by atoms with van der Waals surface area (Å²) < 4.78 is 78.1. The Morgan fingerprint density at radius 2 is 1.87 bits per heavy atom. The first-order valence-electron chi connectivity index (χ1n) is 15.4. The fraction of sp³-hybridized carbons (Fsp3) is 0.679. The maximum atomic E-state index is 16.4. The van der Waals surface area contributed by atoms with Gasteiger partial charge < -0.3 is 24.6 Å². The summed E-state index contributed by atoms with van der Waals surface area (Å²) in [5, 5.41) is 7.24. The van der Waals surface area contributed by atoms with Crippen molar-refractivity contribution in [3.63, 3.8) is 0 Å². The molecule has 0 amide bonds. The number of aliphatic hydroxyl groups excluding tert-OH is 1. The van der Waals surface area contributed by atoms with E-state index < -0.39 is 80.3 Å². The van der Waals surface area contributed by atoms with Gasteiger partial charge >= 0.3 is 19.8 Å². The molecule has 3 heterocycles. The molecule has 0 aliphatic carbocycles. The molecular weight excluding hydrogens is 632 g/mol. The van der Waals surface area contributed by atoms with Gasteiger partial charge in [0.1, 0.15) is 5.60 Å². The lowest BCUT2D eigenvalue weighted by Gasteiger charge is -2.32. The van der Waals surface area contributed by atoms with Crippen LogP contribution in [0.2, 0.25) is 0 Å². The first kappa shape index (κ1) is 34.1. The van der Waals surface area contributed by atoms with E-state index in [9.17, 15) is 18.9 Å². The fourth-order valence-electron chi connectivity index (χ4n) is 4.31. The van der Waals surface area contributed by atoms with Gasteiger partial charge in [0, 0.05) is 20.4 Å². The molecule has 0 aromatic carbocycles. The van der Waals surface area contributed by atoms with E-state index in [1.165, 1.54) is 17.0 Å². The Bertz CT molecular complexity index is 1510. The number of H-pyrrole nitrogens is 1. The van der Waals surface area contributed by atoms with Crippen molar-refractivity contribution in [3.8, 4) is 0 Å². The number of phosphoric ester groups is 1. The highest BCUT2D eigenvalue weighted by atomic mass is 31.2. The van der Waals surface area contributed by atoms with Crippen LogP contribution in [0.4, 0.5) is 10.3 Å². The predicted molar refractivity (Wildman–Crippen MR) is 162 cm³/mol. The van der Waals surface area contributed by atoms with E-state index in [0.717, 1.165) is 0 Å². The Balaban J connectivity index is 1.92. The van der Waals surface area contributed by atoms with Crippen LogP contribution >= 0.6 is 7.82 Å². The average Bonchev–Trinajstić information content (AvgIpc) is 3.55. The van der Waals surface area contributed by atoms with Crippen LogP contribution in [0.1, 0.15) is 62.5 Å². The molecular formula is C28H43FN5O11P. The number of nitrogens with zero attached hydrogens (tertiary/aromatic N) is 3. The largest absolute Gasteiger partial charge is 0.480 e. The number of esters is 2. The minimum atomic E-state index is -4.73. The SMILES string of the molecule is [3H]CCNc1nc2c(ncn2[C@@H]2O[C@](C=C)(COP(=O)(OCOC(=O)C(C)(C)C)OCOC(=O)C(C)(C)C)[C@@H](CCO[3H])[C@H]2F)c(=O)[nH]1. The Labute approximate surface area is 268 Å². The molecule has 0 spiro atoms. The van der Waals surface area contributed by atoms with E-state index in [4.69, 9.17) is 30.6 Å². The number of alkyl halides is 1. The summed E-state index contributed by atoms with van der Waals surface area (Å²) in [7, 11) is -4.73. The molecule has 1 fully saturated rings. The van der Waals surface area contributed by atoms with E-state index >= 15 is 4.39 Å². The zero-order valence-corrected chi connectivity index (χ0v) is 27.6. The molecule has 0 bridgehead atoms. The number of nitrogens with one attached hydrogen (secondary N) is 2. The molecule has 16 nitrogen and oxygen atoms in total. The van der Waals surface area contributed by atoms with Crippen molar-refractivity contribution in [1.29, 1.82) is 1.43 Å². The zero-order chi connectivity index (χ0) is 35.9. The lowest BCUT2D eigenvalue weighted by molar-refractivity contribution is -0.164.